The fraction of sp³-hybridized carbons (Fsp3) is 0.273. The van der Waals surface area contributed by atoms with Gasteiger partial charge in [0.15, 0.2) is 5.65 Å². The lowest BCUT2D eigenvalue weighted by Crippen LogP contribution is -1.95. The molecule has 2 aromatic heterocycles. The molecule has 0 atom stereocenters. The highest BCUT2D eigenvalue weighted by Crippen LogP contribution is 2.26. The molecule has 0 aliphatic heterocycles. The summed E-state index contributed by atoms with van der Waals surface area (Å²) in [6.45, 7) is 2.11. The molecule has 0 bridgehead atoms. The Kier molecular flexibility index (Phi) is 3.51. The summed E-state index contributed by atoms with van der Waals surface area (Å²) in [5.74, 6) is 0. The predicted octanol–water partition coefficient (Wildman–Crippen LogP) is 3.50. The van der Waals surface area contributed by atoms with Crippen molar-refractivity contribution in [3.8, 4) is 0 Å². The van der Waals surface area contributed by atoms with Crippen molar-refractivity contribution in [2.45, 2.75) is 13.3 Å². The summed E-state index contributed by atoms with van der Waals surface area (Å²) in [5, 5.41) is 4.73. The lowest BCUT2D eigenvalue weighted by atomic mass is 10.3. The molecule has 0 aliphatic rings. The molecule has 0 spiro atoms. The Hall–Kier alpha value is -1.00. The SMILES string of the molecule is CCC=C(SC)c1cnc2ccc(Cl)nn12. The van der Waals surface area contributed by atoms with E-state index in [0.29, 0.717) is 5.15 Å². The van der Waals surface area contributed by atoms with Gasteiger partial charge >= 0.3 is 0 Å². The zero-order valence-corrected chi connectivity index (χ0v) is 10.7. The maximum absolute atomic E-state index is 5.89. The van der Waals surface area contributed by atoms with E-state index in [1.807, 2.05) is 18.5 Å². The van der Waals surface area contributed by atoms with Crippen molar-refractivity contribution in [2.75, 3.05) is 6.26 Å². The zero-order chi connectivity index (χ0) is 11.5. The molecule has 0 fully saturated rings. The van der Waals surface area contributed by atoms with E-state index in [-0.39, 0.29) is 0 Å². The fourth-order valence-electron chi connectivity index (χ4n) is 1.50. The number of allylic oxidation sites excluding steroid dienone is 1. The largest absolute Gasteiger partial charge is 0.235 e. The molecule has 0 unspecified atom stereocenters. The van der Waals surface area contributed by atoms with Gasteiger partial charge in [-0.05, 0) is 24.8 Å². The Morgan fingerprint density at radius 1 is 1.56 bits per heavy atom. The maximum atomic E-state index is 5.89. The predicted molar refractivity (Wildman–Crippen MR) is 69.8 cm³/mol. The number of rotatable bonds is 3. The van der Waals surface area contributed by atoms with Gasteiger partial charge in [0.25, 0.3) is 0 Å². The Morgan fingerprint density at radius 3 is 3.06 bits per heavy atom. The Labute approximate surface area is 104 Å². The van der Waals surface area contributed by atoms with Crippen molar-refractivity contribution in [3.05, 3.63) is 35.3 Å². The normalized spacial score (nSPS) is 12.3. The van der Waals surface area contributed by atoms with Crippen LogP contribution >= 0.6 is 23.4 Å². The van der Waals surface area contributed by atoms with Crippen LogP contribution in [0.3, 0.4) is 0 Å². The van der Waals surface area contributed by atoms with Crippen LogP contribution in [0.25, 0.3) is 10.6 Å². The second-order valence-electron chi connectivity index (χ2n) is 3.25. The van der Waals surface area contributed by atoms with Gasteiger partial charge in [0.1, 0.15) is 5.15 Å². The second kappa shape index (κ2) is 4.89. The van der Waals surface area contributed by atoms with Gasteiger partial charge in [-0.3, -0.25) is 0 Å². The Morgan fingerprint density at radius 2 is 2.38 bits per heavy atom. The van der Waals surface area contributed by atoms with Gasteiger partial charge in [-0.15, -0.1) is 11.8 Å². The van der Waals surface area contributed by atoms with Crippen LogP contribution < -0.4 is 0 Å². The van der Waals surface area contributed by atoms with E-state index in [9.17, 15) is 0 Å². The lowest BCUT2D eigenvalue weighted by molar-refractivity contribution is 0.924. The summed E-state index contributed by atoms with van der Waals surface area (Å²) < 4.78 is 1.78. The van der Waals surface area contributed by atoms with Gasteiger partial charge in [-0.25, -0.2) is 9.50 Å². The van der Waals surface area contributed by atoms with Crippen LogP contribution in [0.15, 0.2) is 24.4 Å². The zero-order valence-electron chi connectivity index (χ0n) is 9.14. The van der Waals surface area contributed by atoms with Crippen molar-refractivity contribution in [1.82, 2.24) is 14.6 Å². The molecule has 16 heavy (non-hydrogen) atoms. The third-order valence-corrected chi connectivity index (χ3v) is 3.21. The van der Waals surface area contributed by atoms with Crippen molar-refractivity contribution in [1.29, 1.82) is 0 Å². The van der Waals surface area contributed by atoms with E-state index in [2.05, 4.69) is 23.1 Å². The van der Waals surface area contributed by atoms with Crippen LogP contribution in [0.2, 0.25) is 5.15 Å². The highest BCUT2D eigenvalue weighted by atomic mass is 35.5. The van der Waals surface area contributed by atoms with E-state index in [0.717, 1.165) is 17.8 Å². The third-order valence-electron chi connectivity index (χ3n) is 2.19. The summed E-state index contributed by atoms with van der Waals surface area (Å²) in [7, 11) is 0. The number of aromatic nitrogens is 3. The van der Waals surface area contributed by atoms with E-state index in [1.54, 1.807) is 22.3 Å². The minimum absolute atomic E-state index is 0.476. The van der Waals surface area contributed by atoms with Crippen LogP contribution in [0.5, 0.6) is 0 Å². The van der Waals surface area contributed by atoms with Crippen molar-refractivity contribution in [2.24, 2.45) is 0 Å². The third kappa shape index (κ3) is 2.08. The maximum Gasteiger partial charge on any atom is 0.154 e. The molecule has 0 N–H and O–H groups in total. The summed E-state index contributed by atoms with van der Waals surface area (Å²) in [6, 6.07) is 3.61. The molecule has 2 rings (SSSR count). The monoisotopic (exact) mass is 253 g/mol. The summed E-state index contributed by atoms with van der Waals surface area (Å²) in [6.07, 6.45) is 7.03. The summed E-state index contributed by atoms with van der Waals surface area (Å²) >= 11 is 7.58. The van der Waals surface area contributed by atoms with Crippen LogP contribution in [-0.4, -0.2) is 20.9 Å². The number of hydrogen-bond donors (Lipinski definition) is 0. The quantitative estimate of drug-likeness (QED) is 0.839. The van der Waals surface area contributed by atoms with Crippen LogP contribution in [0.1, 0.15) is 19.0 Å². The number of fused-ring (bicyclic) bond motifs is 1. The molecule has 5 heteroatoms. The number of halogens is 1. The van der Waals surface area contributed by atoms with Crippen LogP contribution in [0.4, 0.5) is 0 Å². The van der Waals surface area contributed by atoms with Gasteiger partial charge in [-0.1, -0.05) is 24.6 Å². The minimum Gasteiger partial charge on any atom is -0.235 e. The van der Waals surface area contributed by atoms with E-state index in [4.69, 9.17) is 11.6 Å². The molecule has 0 amide bonds. The molecular weight excluding hydrogens is 242 g/mol. The molecule has 0 saturated heterocycles. The second-order valence-corrected chi connectivity index (χ2v) is 4.49. The van der Waals surface area contributed by atoms with Gasteiger partial charge in [0, 0.05) is 4.91 Å². The Balaban J connectivity index is 2.60. The first-order valence-electron chi connectivity index (χ1n) is 5.01. The first-order chi connectivity index (χ1) is 7.76. The van der Waals surface area contributed by atoms with Gasteiger partial charge in [0.2, 0.25) is 0 Å². The van der Waals surface area contributed by atoms with Crippen LogP contribution in [0, 0.1) is 0 Å². The Bertz CT molecular complexity index is 533. The molecule has 2 aromatic rings. The van der Waals surface area contributed by atoms with E-state index in [1.165, 1.54) is 4.91 Å². The number of thioether (sulfide) groups is 1. The van der Waals surface area contributed by atoms with Crippen LogP contribution in [-0.2, 0) is 0 Å². The van der Waals surface area contributed by atoms with Crippen molar-refractivity contribution in [3.63, 3.8) is 0 Å². The van der Waals surface area contributed by atoms with Crippen molar-refractivity contribution >= 4 is 33.9 Å². The van der Waals surface area contributed by atoms with Gasteiger partial charge in [-0.2, -0.15) is 5.10 Å². The topological polar surface area (TPSA) is 30.2 Å². The molecule has 3 nitrogen and oxygen atoms in total. The number of nitrogens with zero attached hydrogens (tertiary/aromatic N) is 3. The smallest absolute Gasteiger partial charge is 0.154 e. The van der Waals surface area contributed by atoms with E-state index < -0.39 is 0 Å². The fourth-order valence-corrected chi connectivity index (χ4v) is 2.32. The molecule has 0 aromatic carbocycles. The average molecular weight is 254 g/mol. The minimum atomic E-state index is 0.476. The highest BCUT2D eigenvalue weighted by Gasteiger charge is 2.08. The van der Waals surface area contributed by atoms with E-state index >= 15 is 0 Å². The standard InChI is InChI=1S/C11H12ClN3S/c1-3-4-9(16-2)8-7-13-11-6-5-10(12)14-15(8)11/h4-7H,3H2,1-2H3. The van der Waals surface area contributed by atoms with Gasteiger partial charge < -0.3 is 0 Å². The summed E-state index contributed by atoms with van der Waals surface area (Å²) in [5.41, 5.74) is 1.81. The summed E-state index contributed by atoms with van der Waals surface area (Å²) in [4.78, 5) is 5.47. The molecule has 0 radical (unpaired) electrons. The molecule has 0 aliphatic carbocycles. The molecular formula is C11H12ClN3S. The first-order valence-corrected chi connectivity index (χ1v) is 6.61. The number of hydrogen-bond acceptors (Lipinski definition) is 3. The number of imidazole rings is 1. The highest BCUT2D eigenvalue weighted by molar-refractivity contribution is 8.07. The molecule has 0 saturated carbocycles. The lowest BCUT2D eigenvalue weighted by Gasteiger charge is -2.03. The molecule has 2 heterocycles. The average Bonchev–Trinajstić information content (AvgIpc) is 2.69. The van der Waals surface area contributed by atoms with Gasteiger partial charge in [0.05, 0.1) is 11.9 Å². The molecule has 84 valence electrons. The first kappa shape index (κ1) is 11.5. The van der Waals surface area contributed by atoms with Crippen molar-refractivity contribution < 1.29 is 0 Å².